The lowest BCUT2D eigenvalue weighted by atomic mass is 9.88. The van der Waals surface area contributed by atoms with E-state index >= 15 is 0 Å². The Morgan fingerprint density at radius 1 is 1.50 bits per heavy atom. The highest BCUT2D eigenvalue weighted by Gasteiger charge is 2.23. The molecule has 0 N–H and O–H groups in total. The molecular formula is C12H15BrO. The summed E-state index contributed by atoms with van der Waals surface area (Å²) >= 11 is 3.53. The van der Waals surface area contributed by atoms with Gasteiger partial charge in [0.2, 0.25) is 0 Å². The van der Waals surface area contributed by atoms with Gasteiger partial charge in [0.15, 0.2) is 0 Å². The largest absolute Gasteiger partial charge is 0.493 e. The van der Waals surface area contributed by atoms with Gasteiger partial charge in [-0.25, -0.2) is 0 Å². The molecule has 0 aromatic heterocycles. The second-order valence-corrected chi connectivity index (χ2v) is 4.66. The first-order valence-corrected chi connectivity index (χ1v) is 6.20. The Labute approximate surface area is 93.6 Å². The number of benzene rings is 1. The summed E-state index contributed by atoms with van der Waals surface area (Å²) in [5, 5.41) is 1.06. The molecule has 2 unspecified atom stereocenters. The predicted molar refractivity (Wildman–Crippen MR) is 62.1 cm³/mol. The van der Waals surface area contributed by atoms with Gasteiger partial charge in [-0.15, -0.1) is 0 Å². The van der Waals surface area contributed by atoms with E-state index in [-0.39, 0.29) is 0 Å². The molecule has 2 heteroatoms. The third-order valence-corrected chi connectivity index (χ3v) is 3.98. The number of hydrogen-bond acceptors (Lipinski definition) is 1. The van der Waals surface area contributed by atoms with Crippen molar-refractivity contribution in [3.63, 3.8) is 0 Å². The van der Waals surface area contributed by atoms with Gasteiger partial charge in [-0.05, 0) is 24.0 Å². The first kappa shape index (κ1) is 10.0. The number of ether oxygens (including phenoxy) is 1. The number of hydrogen-bond donors (Lipinski definition) is 0. The van der Waals surface area contributed by atoms with Gasteiger partial charge in [0.25, 0.3) is 0 Å². The van der Waals surface area contributed by atoms with Crippen LogP contribution in [0, 0.1) is 11.8 Å². The fourth-order valence-corrected chi connectivity index (χ4v) is 2.37. The third-order valence-electron chi connectivity index (χ3n) is 2.96. The zero-order valence-corrected chi connectivity index (χ0v) is 9.96. The normalized spacial score (nSPS) is 22.3. The molecule has 76 valence electrons. The molecule has 0 fully saturated rings. The molecule has 0 spiro atoms. The van der Waals surface area contributed by atoms with Gasteiger partial charge >= 0.3 is 0 Å². The minimum atomic E-state index is 0.657. The summed E-state index contributed by atoms with van der Waals surface area (Å²) in [4.78, 5) is 0. The van der Waals surface area contributed by atoms with Crippen LogP contribution in [0.4, 0.5) is 0 Å². The molecule has 0 bridgehead atoms. The van der Waals surface area contributed by atoms with Crippen LogP contribution in [0.1, 0.15) is 12.5 Å². The van der Waals surface area contributed by atoms with Crippen molar-refractivity contribution in [2.24, 2.45) is 11.8 Å². The summed E-state index contributed by atoms with van der Waals surface area (Å²) in [6.07, 6.45) is 1.16. The smallest absolute Gasteiger partial charge is 0.122 e. The molecule has 2 atom stereocenters. The van der Waals surface area contributed by atoms with Crippen LogP contribution in [-0.4, -0.2) is 11.9 Å². The molecule has 1 aromatic carbocycles. The maximum Gasteiger partial charge on any atom is 0.122 e. The minimum absolute atomic E-state index is 0.657. The molecule has 2 rings (SSSR count). The van der Waals surface area contributed by atoms with Crippen molar-refractivity contribution >= 4 is 15.9 Å². The van der Waals surface area contributed by atoms with Crippen LogP contribution in [0.25, 0.3) is 0 Å². The summed E-state index contributed by atoms with van der Waals surface area (Å²) in [5.74, 6) is 2.41. The Morgan fingerprint density at radius 3 is 3.07 bits per heavy atom. The van der Waals surface area contributed by atoms with Crippen LogP contribution >= 0.6 is 15.9 Å². The highest BCUT2D eigenvalue weighted by molar-refractivity contribution is 9.09. The van der Waals surface area contributed by atoms with Gasteiger partial charge in [0.05, 0.1) is 6.61 Å². The van der Waals surface area contributed by atoms with Gasteiger partial charge in [-0.2, -0.15) is 0 Å². The standard InChI is InChI=1S/C12H15BrO/c1-9(7-13)11-6-10-4-2-3-5-12(10)14-8-11/h2-5,9,11H,6-8H2,1H3. The second-order valence-electron chi connectivity index (χ2n) is 4.01. The van der Waals surface area contributed by atoms with E-state index in [4.69, 9.17) is 4.74 Å². The average molecular weight is 255 g/mol. The van der Waals surface area contributed by atoms with Crippen LogP contribution in [0.5, 0.6) is 5.75 Å². The Kier molecular flexibility index (Phi) is 3.12. The maximum atomic E-state index is 5.74. The molecule has 0 amide bonds. The summed E-state index contributed by atoms with van der Waals surface area (Å²) in [6.45, 7) is 3.14. The van der Waals surface area contributed by atoms with Crippen molar-refractivity contribution in [1.29, 1.82) is 0 Å². The SMILES string of the molecule is CC(CBr)C1COc2ccccc2C1. The molecule has 1 heterocycles. The zero-order chi connectivity index (χ0) is 9.97. The summed E-state index contributed by atoms with van der Waals surface area (Å²) < 4.78 is 5.74. The van der Waals surface area contributed by atoms with E-state index in [0.717, 1.165) is 24.1 Å². The molecule has 1 aliphatic rings. The molecule has 1 nitrogen and oxygen atoms in total. The summed E-state index contributed by atoms with van der Waals surface area (Å²) in [7, 11) is 0. The number of rotatable bonds is 2. The zero-order valence-electron chi connectivity index (χ0n) is 8.37. The van der Waals surface area contributed by atoms with Crippen LogP contribution in [-0.2, 0) is 6.42 Å². The van der Waals surface area contributed by atoms with Crippen LogP contribution < -0.4 is 4.74 Å². The molecule has 1 aromatic rings. The first-order valence-electron chi connectivity index (χ1n) is 5.08. The van der Waals surface area contributed by atoms with Crippen molar-refractivity contribution in [1.82, 2.24) is 0 Å². The minimum Gasteiger partial charge on any atom is -0.493 e. The first-order chi connectivity index (χ1) is 6.81. The van der Waals surface area contributed by atoms with Gasteiger partial charge in [-0.3, -0.25) is 0 Å². The predicted octanol–water partition coefficient (Wildman–Crippen LogP) is 3.27. The summed E-state index contributed by atoms with van der Waals surface area (Å²) in [5.41, 5.74) is 1.36. The molecular weight excluding hydrogens is 240 g/mol. The van der Waals surface area contributed by atoms with Crippen molar-refractivity contribution in [3.05, 3.63) is 29.8 Å². The maximum absolute atomic E-state index is 5.74. The van der Waals surface area contributed by atoms with Crippen molar-refractivity contribution in [2.75, 3.05) is 11.9 Å². The number of para-hydroxylation sites is 1. The highest BCUT2D eigenvalue weighted by atomic mass is 79.9. The van der Waals surface area contributed by atoms with Gasteiger partial charge in [0.1, 0.15) is 5.75 Å². The van der Waals surface area contributed by atoms with E-state index in [1.807, 2.05) is 6.07 Å². The Bertz CT molecular complexity index is 311. The molecule has 0 saturated carbocycles. The Morgan fingerprint density at radius 2 is 2.29 bits per heavy atom. The second kappa shape index (κ2) is 4.35. The number of alkyl halides is 1. The van der Waals surface area contributed by atoms with Gasteiger partial charge < -0.3 is 4.74 Å². The summed E-state index contributed by atoms with van der Waals surface area (Å²) in [6, 6.07) is 8.35. The van der Waals surface area contributed by atoms with E-state index < -0.39 is 0 Å². The molecule has 0 aliphatic carbocycles. The third kappa shape index (κ3) is 1.95. The quantitative estimate of drug-likeness (QED) is 0.737. The monoisotopic (exact) mass is 254 g/mol. The number of halogens is 1. The van der Waals surface area contributed by atoms with E-state index in [1.54, 1.807) is 0 Å². The molecule has 0 radical (unpaired) electrons. The topological polar surface area (TPSA) is 9.23 Å². The van der Waals surface area contributed by atoms with E-state index in [9.17, 15) is 0 Å². The average Bonchev–Trinajstić information content (AvgIpc) is 2.27. The molecule has 14 heavy (non-hydrogen) atoms. The van der Waals surface area contributed by atoms with Gasteiger partial charge in [0, 0.05) is 11.2 Å². The Hall–Kier alpha value is -0.500. The van der Waals surface area contributed by atoms with E-state index in [0.29, 0.717) is 11.8 Å². The lowest BCUT2D eigenvalue weighted by molar-refractivity contribution is 0.187. The fraction of sp³-hybridized carbons (Fsp3) is 0.500. The fourth-order valence-electron chi connectivity index (χ4n) is 1.84. The van der Waals surface area contributed by atoms with Crippen LogP contribution in [0.15, 0.2) is 24.3 Å². The van der Waals surface area contributed by atoms with Crippen LogP contribution in [0.2, 0.25) is 0 Å². The van der Waals surface area contributed by atoms with Gasteiger partial charge in [-0.1, -0.05) is 41.1 Å². The van der Waals surface area contributed by atoms with Crippen molar-refractivity contribution in [3.8, 4) is 5.75 Å². The highest BCUT2D eigenvalue weighted by Crippen LogP contribution is 2.30. The van der Waals surface area contributed by atoms with E-state index in [1.165, 1.54) is 5.56 Å². The lowest BCUT2D eigenvalue weighted by Crippen LogP contribution is -2.27. The Balaban J connectivity index is 2.13. The van der Waals surface area contributed by atoms with Crippen molar-refractivity contribution < 1.29 is 4.74 Å². The molecule has 0 saturated heterocycles. The van der Waals surface area contributed by atoms with Crippen molar-refractivity contribution in [2.45, 2.75) is 13.3 Å². The lowest BCUT2D eigenvalue weighted by Gasteiger charge is -2.28. The number of fused-ring (bicyclic) bond motifs is 1. The van der Waals surface area contributed by atoms with Crippen LogP contribution in [0.3, 0.4) is 0 Å². The van der Waals surface area contributed by atoms with E-state index in [2.05, 4.69) is 41.1 Å². The molecule has 1 aliphatic heterocycles.